The van der Waals surface area contributed by atoms with E-state index in [1.807, 2.05) is 53.1 Å². The molecule has 326 valence electrons. The van der Waals surface area contributed by atoms with E-state index in [9.17, 15) is 24.0 Å². The lowest BCUT2D eigenvalue weighted by atomic mass is 9.92. The molecule has 0 radical (unpaired) electrons. The third-order valence-corrected chi connectivity index (χ3v) is 10.4. The Balaban J connectivity index is 0.719. The van der Waals surface area contributed by atoms with E-state index in [4.69, 9.17) is 14.2 Å². The molecule has 1 atom stereocenters. The predicted octanol–water partition coefficient (Wildman–Crippen LogP) is 4.41. The van der Waals surface area contributed by atoms with E-state index in [0.29, 0.717) is 68.2 Å². The number of nitrogens with one attached hydrogen (secondary N) is 5. The van der Waals surface area contributed by atoms with Gasteiger partial charge in [-0.15, -0.1) is 5.10 Å². The Kier molecular flexibility index (Phi) is 12.2. The summed E-state index contributed by atoms with van der Waals surface area (Å²) in [6.07, 6.45) is 3.66. The normalized spacial score (nSPS) is 15.2. The van der Waals surface area contributed by atoms with E-state index in [1.165, 1.54) is 0 Å². The van der Waals surface area contributed by atoms with E-state index in [1.54, 1.807) is 35.4 Å². The van der Waals surface area contributed by atoms with Gasteiger partial charge in [-0.1, -0.05) is 32.1 Å². The molecule has 1 fully saturated rings. The molecule has 20 nitrogen and oxygen atoms in total. The minimum atomic E-state index is -1.03. The quantitative estimate of drug-likeness (QED) is 0.0632. The van der Waals surface area contributed by atoms with Gasteiger partial charge in [0, 0.05) is 53.3 Å². The lowest BCUT2D eigenvalue weighted by Crippen LogP contribution is -2.54. The van der Waals surface area contributed by atoms with Gasteiger partial charge in [0.05, 0.1) is 61.3 Å². The maximum absolute atomic E-state index is 13.3. The summed E-state index contributed by atoms with van der Waals surface area (Å²) in [6.45, 7) is 8.55. The van der Waals surface area contributed by atoms with Crippen molar-refractivity contribution < 1.29 is 38.2 Å². The van der Waals surface area contributed by atoms with Crippen molar-refractivity contribution in [3.05, 3.63) is 102 Å². The number of urea groups is 1. The van der Waals surface area contributed by atoms with Gasteiger partial charge in [-0.05, 0) is 55.0 Å². The highest BCUT2D eigenvalue weighted by Crippen LogP contribution is 2.32. The number of fused-ring (bicyclic) bond motifs is 2. The molecule has 20 heteroatoms. The van der Waals surface area contributed by atoms with Crippen LogP contribution in [0.2, 0.25) is 0 Å². The van der Waals surface area contributed by atoms with Crippen molar-refractivity contribution in [2.75, 3.05) is 48.9 Å². The number of ether oxygens (including phenoxy) is 3. The van der Waals surface area contributed by atoms with Crippen molar-refractivity contribution in [1.82, 2.24) is 45.0 Å². The second-order valence-electron chi connectivity index (χ2n) is 15.9. The molecule has 0 spiro atoms. The molecular formula is C43H46N12O8. The van der Waals surface area contributed by atoms with Gasteiger partial charge in [0.1, 0.15) is 30.4 Å². The van der Waals surface area contributed by atoms with Crippen LogP contribution in [0.15, 0.2) is 79.3 Å². The number of aromatic nitrogens is 7. The summed E-state index contributed by atoms with van der Waals surface area (Å²) >= 11 is 0. The second kappa shape index (κ2) is 18.3. The molecule has 1 saturated heterocycles. The second-order valence-corrected chi connectivity index (χ2v) is 15.9. The molecule has 0 aliphatic carbocycles. The third kappa shape index (κ3) is 9.71. The lowest BCUT2D eigenvalue weighted by molar-refractivity contribution is -0.136. The van der Waals surface area contributed by atoms with E-state index in [0.717, 1.165) is 27.3 Å². The Hall–Kier alpha value is -7.45. The molecule has 2 aliphatic heterocycles. The smallest absolute Gasteiger partial charge is 0.324 e. The topological polar surface area (TPSA) is 242 Å². The SMILES string of the molecule is CC(C)(C)c1cc(NC(=O)Nc2ccc(-n3cnc4cc(OCCOCc5cn(CCOCCNc6cccc7c6C(=O)N(C6CCC(=O)NC6=O)C7=O)nn5)ccc43)cc2)n[nH]1. The minimum Gasteiger partial charge on any atom is -0.491 e. The minimum absolute atomic E-state index is 0.0537. The van der Waals surface area contributed by atoms with Gasteiger partial charge >= 0.3 is 6.03 Å². The molecule has 0 bridgehead atoms. The first-order chi connectivity index (χ1) is 30.4. The van der Waals surface area contributed by atoms with Crippen molar-refractivity contribution in [3.63, 3.8) is 0 Å². The van der Waals surface area contributed by atoms with Gasteiger partial charge in [-0.3, -0.25) is 44.4 Å². The molecule has 3 aromatic heterocycles. The van der Waals surface area contributed by atoms with Crippen LogP contribution >= 0.6 is 0 Å². The number of nitrogens with zero attached hydrogens (tertiary/aromatic N) is 7. The van der Waals surface area contributed by atoms with Crippen molar-refractivity contribution in [2.45, 2.75) is 58.2 Å². The zero-order valence-corrected chi connectivity index (χ0v) is 34.8. The molecule has 1 unspecified atom stereocenters. The van der Waals surface area contributed by atoms with E-state index >= 15 is 0 Å². The van der Waals surface area contributed by atoms with Crippen LogP contribution in [0.25, 0.3) is 16.7 Å². The first-order valence-electron chi connectivity index (χ1n) is 20.4. The summed E-state index contributed by atoms with van der Waals surface area (Å²) in [4.78, 5) is 68.4. The third-order valence-electron chi connectivity index (χ3n) is 10.4. The van der Waals surface area contributed by atoms with Crippen LogP contribution in [0.5, 0.6) is 5.75 Å². The molecule has 2 aliphatic rings. The van der Waals surface area contributed by atoms with Crippen LogP contribution < -0.4 is 26.0 Å². The number of H-pyrrole nitrogens is 1. The zero-order chi connectivity index (χ0) is 44.1. The fourth-order valence-electron chi connectivity index (χ4n) is 7.13. The maximum atomic E-state index is 13.3. The fourth-order valence-corrected chi connectivity index (χ4v) is 7.13. The number of benzene rings is 3. The van der Waals surface area contributed by atoms with Gasteiger partial charge in [0.25, 0.3) is 11.8 Å². The number of imide groups is 2. The Labute approximate surface area is 360 Å². The van der Waals surface area contributed by atoms with Crippen LogP contribution in [0.3, 0.4) is 0 Å². The number of carbonyl (C=O) groups excluding carboxylic acids is 5. The lowest BCUT2D eigenvalue weighted by Gasteiger charge is -2.27. The van der Waals surface area contributed by atoms with Crippen molar-refractivity contribution in [3.8, 4) is 11.4 Å². The highest BCUT2D eigenvalue weighted by molar-refractivity contribution is 6.25. The number of imidazole rings is 1. The average Bonchev–Trinajstić information content (AvgIpc) is 4.07. The number of amides is 6. The first-order valence-corrected chi connectivity index (χ1v) is 20.4. The maximum Gasteiger partial charge on any atom is 0.324 e. The number of hydrogen-bond donors (Lipinski definition) is 5. The molecular weight excluding hydrogens is 813 g/mol. The number of piperidine rings is 1. The number of aromatic amines is 1. The van der Waals surface area contributed by atoms with Crippen LogP contribution in [0.4, 0.5) is 22.0 Å². The molecule has 63 heavy (non-hydrogen) atoms. The van der Waals surface area contributed by atoms with Crippen LogP contribution in [-0.4, -0.2) is 108 Å². The predicted molar refractivity (Wildman–Crippen MR) is 229 cm³/mol. The summed E-state index contributed by atoms with van der Waals surface area (Å²) in [5.74, 6) is -1.11. The van der Waals surface area contributed by atoms with Gasteiger partial charge in [0.2, 0.25) is 11.8 Å². The number of carbonyl (C=O) groups is 5. The van der Waals surface area contributed by atoms with Crippen molar-refractivity contribution >= 4 is 57.9 Å². The molecule has 6 amide bonds. The molecule has 5 heterocycles. The van der Waals surface area contributed by atoms with Crippen LogP contribution in [0, 0.1) is 0 Å². The first kappa shape index (κ1) is 42.2. The Morgan fingerprint density at radius 3 is 2.56 bits per heavy atom. The Morgan fingerprint density at radius 1 is 0.921 bits per heavy atom. The van der Waals surface area contributed by atoms with Gasteiger partial charge in [-0.25, -0.2) is 14.5 Å². The van der Waals surface area contributed by atoms with E-state index < -0.39 is 35.7 Å². The largest absolute Gasteiger partial charge is 0.491 e. The Bertz CT molecular complexity index is 2660. The van der Waals surface area contributed by atoms with Gasteiger partial charge in [-0.2, -0.15) is 5.10 Å². The molecule has 0 saturated carbocycles. The van der Waals surface area contributed by atoms with Crippen LogP contribution in [-0.2, 0) is 37.6 Å². The zero-order valence-electron chi connectivity index (χ0n) is 34.8. The number of anilines is 3. The monoisotopic (exact) mass is 858 g/mol. The summed E-state index contributed by atoms with van der Waals surface area (Å²) in [5, 5.41) is 26.4. The van der Waals surface area contributed by atoms with Crippen LogP contribution in [0.1, 0.15) is 65.7 Å². The van der Waals surface area contributed by atoms with E-state index in [-0.39, 0.29) is 36.0 Å². The highest BCUT2D eigenvalue weighted by Gasteiger charge is 2.45. The van der Waals surface area contributed by atoms with Crippen molar-refractivity contribution in [2.24, 2.45) is 0 Å². The highest BCUT2D eigenvalue weighted by atomic mass is 16.5. The summed E-state index contributed by atoms with van der Waals surface area (Å²) in [6, 6.07) is 18.4. The van der Waals surface area contributed by atoms with E-state index in [2.05, 4.69) is 67.5 Å². The molecule has 5 N–H and O–H groups in total. The number of rotatable bonds is 17. The number of hydrogen-bond acceptors (Lipinski definition) is 13. The molecule has 3 aromatic carbocycles. The molecule has 6 aromatic rings. The van der Waals surface area contributed by atoms with Gasteiger partial charge in [0.15, 0.2) is 5.82 Å². The standard InChI is InChI=1S/C43H46N12O8/c1-43(2,3)35-22-36(51-50-35)47-42(60)46-26-7-9-28(10-8-26)54-25-45-32-21-29(11-12-33(32)54)63-20-19-62-24-27-23-53(52-49-27)16-18-61-17-15-44-31-6-4-5-30-38(31)41(59)55(40(30)58)34-13-14-37(56)48-39(34)57/h4-12,21-23,25,34,44H,13-20,24H2,1-3H3,(H,48,56,57)(H3,46,47,50,51,60). The van der Waals surface area contributed by atoms with Gasteiger partial charge < -0.3 is 24.8 Å². The van der Waals surface area contributed by atoms with Crippen molar-refractivity contribution in [1.29, 1.82) is 0 Å². The fraction of sp³-hybridized carbons (Fsp3) is 0.326. The summed E-state index contributed by atoms with van der Waals surface area (Å²) in [7, 11) is 0. The molecule has 8 rings (SSSR count). The summed E-state index contributed by atoms with van der Waals surface area (Å²) in [5.41, 5.74) is 5.48. The average molecular weight is 859 g/mol. The summed E-state index contributed by atoms with van der Waals surface area (Å²) < 4.78 is 21.0. The Morgan fingerprint density at radius 2 is 1.76 bits per heavy atom.